The predicted molar refractivity (Wildman–Crippen MR) is 118 cm³/mol. The number of nitrogens with zero attached hydrogens (tertiary/aromatic N) is 1. The maximum atomic E-state index is 12.5. The molecule has 3 N–H and O–H groups in total. The Morgan fingerprint density at radius 1 is 1.11 bits per heavy atom. The molecule has 1 aliphatic rings. The summed E-state index contributed by atoms with van der Waals surface area (Å²) in [5, 5.41) is 2.95. The zero-order valence-corrected chi connectivity index (χ0v) is 17.5. The van der Waals surface area contributed by atoms with Crippen LogP contribution in [0.15, 0.2) is 48.5 Å². The van der Waals surface area contributed by atoms with E-state index in [1.165, 1.54) is 12.8 Å². The first-order chi connectivity index (χ1) is 12.0. The first kappa shape index (κ1) is 23.3. The highest BCUT2D eigenvalue weighted by Gasteiger charge is 2.18. The van der Waals surface area contributed by atoms with Crippen molar-refractivity contribution in [1.29, 1.82) is 0 Å². The van der Waals surface area contributed by atoms with E-state index >= 15 is 0 Å². The van der Waals surface area contributed by atoms with Crippen LogP contribution >= 0.6 is 24.8 Å². The number of nitrogens with one attached hydrogen (secondary N) is 1. The van der Waals surface area contributed by atoms with Crippen LogP contribution in [-0.2, 0) is 4.79 Å². The number of benzene rings is 2. The van der Waals surface area contributed by atoms with Gasteiger partial charge in [-0.15, -0.1) is 24.8 Å². The Morgan fingerprint density at radius 2 is 1.74 bits per heavy atom. The van der Waals surface area contributed by atoms with E-state index in [4.69, 9.17) is 5.73 Å². The summed E-state index contributed by atoms with van der Waals surface area (Å²) in [6.07, 6.45) is 2.43. The lowest BCUT2D eigenvalue weighted by Crippen LogP contribution is -2.32. The summed E-state index contributed by atoms with van der Waals surface area (Å²) in [4.78, 5) is 14.9. The summed E-state index contributed by atoms with van der Waals surface area (Å²) in [6, 6.07) is 15.1. The van der Waals surface area contributed by atoms with Gasteiger partial charge in [-0.05, 0) is 49.4 Å². The summed E-state index contributed by atoms with van der Waals surface area (Å²) in [6.45, 7) is 6.46. The van der Waals surface area contributed by atoms with E-state index in [-0.39, 0.29) is 30.7 Å². The first-order valence-corrected chi connectivity index (χ1v) is 9.01. The molecule has 0 aromatic heterocycles. The molecule has 0 bridgehead atoms. The molecule has 0 aliphatic carbocycles. The van der Waals surface area contributed by atoms with Crippen molar-refractivity contribution in [3.63, 3.8) is 0 Å². The number of carbonyl (C=O) groups is 1. The number of piperidine rings is 1. The van der Waals surface area contributed by atoms with Crippen LogP contribution in [0.5, 0.6) is 0 Å². The predicted octanol–water partition coefficient (Wildman–Crippen LogP) is 4.71. The highest BCUT2D eigenvalue weighted by atomic mass is 35.5. The fourth-order valence-electron chi connectivity index (χ4n) is 3.19. The molecule has 27 heavy (non-hydrogen) atoms. The second-order valence-electron chi connectivity index (χ2n) is 7.10. The normalized spacial score (nSPS) is 15.3. The molecule has 1 amide bonds. The van der Waals surface area contributed by atoms with E-state index in [9.17, 15) is 4.79 Å². The van der Waals surface area contributed by atoms with Crippen LogP contribution in [0.3, 0.4) is 0 Å². The van der Waals surface area contributed by atoms with Gasteiger partial charge in [-0.2, -0.15) is 0 Å². The van der Waals surface area contributed by atoms with Crippen molar-refractivity contribution < 1.29 is 4.79 Å². The van der Waals surface area contributed by atoms with Crippen molar-refractivity contribution in [2.45, 2.75) is 32.7 Å². The van der Waals surface area contributed by atoms with Crippen molar-refractivity contribution in [3.05, 3.63) is 59.7 Å². The molecule has 1 unspecified atom stereocenters. The third kappa shape index (κ3) is 6.13. The molecule has 2 aromatic rings. The molecule has 0 radical (unpaired) electrons. The van der Waals surface area contributed by atoms with Crippen LogP contribution in [0.4, 0.5) is 11.4 Å². The van der Waals surface area contributed by atoms with Gasteiger partial charge in [-0.1, -0.05) is 42.8 Å². The number of nitrogens with two attached hydrogens (primary N) is 1. The lowest BCUT2D eigenvalue weighted by Gasteiger charge is -2.32. The fraction of sp³-hybridized carbons (Fsp3) is 0.381. The second kappa shape index (κ2) is 10.5. The van der Waals surface area contributed by atoms with Crippen LogP contribution in [0.2, 0.25) is 0 Å². The molecule has 0 saturated carbocycles. The van der Waals surface area contributed by atoms with E-state index in [1.807, 2.05) is 49.4 Å². The van der Waals surface area contributed by atoms with Gasteiger partial charge in [-0.25, -0.2) is 0 Å². The summed E-state index contributed by atoms with van der Waals surface area (Å²) < 4.78 is 0. The zero-order valence-electron chi connectivity index (χ0n) is 15.9. The quantitative estimate of drug-likeness (QED) is 0.767. The van der Waals surface area contributed by atoms with Crippen LogP contribution < -0.4 is 16.0 Å². The van der Waals surface area contributed by atoms with Gasteiger partial charge >= 0.3 is 0 Å². The first-order valence-electron chi connectivity index (χ1n) is 9.01. The Morgan fingerprint density at radius 3 is 2.37 bits per heavy atom. The molecule has 4 nitrogen and oxygen atoms in total. The van der Waals surface area contributed by atoms with Crippen LogP contribution in [-0.4, -0.2) is 19.0 Å². The topological polar surface area (TPSA) is 58.4 Å². The molecular weight excluding hydrogens is 381 g/mol. The largest absolute Gasteiger partial charge is 0.371 e. The number of anilines is 2. The molecule has 1 aliphatic heterocycles. The Balaban J connectivity index is 0.00000182. The third-order valence-electron chi connectivity index (χ3n) is 4.98. The van der Waals surface area contributed by atoms with E-state index in [2.05, 4.69) is 23.2 Å². The number of hydrogen-bond donors (Lipinski definition) is 2. The Labute approximate surface area is 174 Å². The van der Waals surface area contributed by atoms with Gasteiger partial charge in [0.2, 0.25) is 5.91 Å². The maximum absolute atomic E-state index is 12.5. The van der Waals surface area contributed by atoms with Gasteiger partial charge in [0.05, 0.1) is 0 Å². The maximum Gasteiger partial charge on any atom is 0.245 e. The van der Waals surface area contributed by atoms with Gasteiger partial charge in [0, 0.05) is 24.5 Å². The molecule has 0 spiro atoms. The van der Waals surface area contributed by atoms with Gasteiger partial charge in [0.25, 0.3) is 0 Å². The van der Waals surface area contributed by atoms with Gasteiger partial charge in [0.1, 0.15) is 6.04 Å². The van der Waals surface area contributed by atoms with Crippen LogP contribution in [0.25, 0.3) is 0 Å². The van der Waals surface area contributed by atoms with Crippen molar-refractivity contribution >= 4 is 42.1 Å². The summed E-state index contributed by atoms with van der Waals surface area (Å²) in [7, 11) is 0. The number of rotatable bonds is 4. The highest BCUT2D eigenvalue weighted by molar-refractivity contribution is 5.95. The monoisotopic (exact) mass is 409 g/mol. The average Bonchev–Trinajstić information content (AvgIpc) is 2.62. The molecule has 148 valence electrons. The summed E-state index contributed by atoms with van der Waals surface area (Å²) in [5.74, 6) is 0.611. The minimum atomic E-state index is -0.667. The molecule has 1 heterocycles. The third-order valence-corrected chi connectivity index (χ3v) is 4.98. The van der Waals surface area contributed by atoms with E-state index in [0.717, 1.165) is 41.5 Å². The Bertz CT molecular complexity index is 728. The Kier molecular flexibility index (Phi) is 9.10. The molecule has 1 saturated heterocycles. The molecule has 1 fully saturated rings. The van der Waals surface area contributed by atoms with Crippen LogP contribution in [0.1, 0.15) is 36.9 Å². The lowest BCUT2D eigenvalue weighted by atomic mass is 9.99. The lowest BCUT2D eigenvalue weighted by molar-refractivity contribution is -0.117. The number of hydrogen-bond acceptors (Lipinski definition) is 3. The number of amides is 1. The van der Waals surface area contributed by atoms with Crippen molar-refractivity contribution in [2.75, 3.05) is 23.3 Å². The molecular formula is C21H29Cl2N3O. The molecule has 2 aromatic carbocycles. The van der Waals surface area contributed by atoms with Gasteiger partial charge in [-0.3, -0.25) is 4.79 Å². The molecule has 1 atom stereocenters. The number of aryl methyl sites for hydroxylation is 1. The standard InChI is InChI=1S/C21H27N3O.2ClH/c1-15-6-8-17(9-7-15)20(22)21(25)23-18-4-3-5-19(14-18)24-12-10-16(2)11-13-24;;/h3-9,14,16,20H,10-13,22H2,1-2H3,(H,23,25);2*1H. The Hall–Kier alpha value is -1.75. The average molecular weight is 410 g/mol. The SMILES string of the molecule is Cc1ccc(C(N)C(=O)Nc2cccc(N3CCC(C)CC3)c2)cc1.Cl.Cl. The van der Waals surface area contributed by atoms with Crippen LogP contribution in [0, 0.1) is 12.8 Å². The minimum absolute atomic E-state index is 0. The van der Waals surface area contributed by atoms with Crippen molar-refractivity contribution in [1.82, 2.24) is 0 Å². The van der Waals surface area contributed by atoms with E-state index in [0.29, 0.717) is 0 Å². The van der Waals surface area contributed by atoms with Crippen molar-refractivity contribution in [2.24, 2.45) is 11.7 Å². The summed E-state index contributed by atoms with van der Waals surface area (Å²) >= 11 is 0. The second-order valence-corrected chi connectivity index (χ2v) is 7.10. The molecule has 3 rings (SSSR count). The highest BCUT2D eigenvalue weighted by Crippen LogP contribution is 2.25. The fourth-order valence-corrected chi connectivity index (χ4v) is 3.19. The number of carbonyl (C=O) groups excluding carboxylic acids is 1. The van der Waals surface area contributed by atoms with Gasteiger partial charge in [0.15, 0.2) is 0 Å². The van der Waals surface area contributed by atoms with E-state index < -0.39 is 6.04 Å². The van der Waals surface area contributed by atoms with Crippen molar-refractivity contribution in [3.8, 4) is 0 Å². The molecule has 6 heteroatoms. The summed E-state index contributed by atoms with van der Waals surface area (Å²) in [5.41, 5.74) is 10.0. The smallest absolute Gasteiger partial charge is 0.245 e. The zero-order chi connectivity index (χ0) is 17.8. The van der Waals surface area contributed by atoms with E-state index in [1.54, 1.807) is 0 Å². The minimum Gasteiger partial charge on any atom is -0.371 e. The van der Waals surface area contributed by atoms with Gasteiger partial charge < -0.3 is 16.0 Å². The number of halogens is 2.